The molecule has 2 aromatic heterocycles. The van der Waals surface area contributed by atoms with Crippen molar-refractivity contribution in [1.82, 2.24) is 19.9 Å². The maximum atomic E-state index is 6.34. The van der Waals surface area contributed by atoms with Crippen molar-refractivity contribution in [3.63, 3.8) is 0 Å². The van der Waals surface area contributed by atoms with E-state index < -0.39 is 0 Å². The van der Waals surface area contributed by atoms with E-state index in [9.17, 15) is 0 Å². The zero-order valence-electron chi connectivity index (χ0n) is 16.0. The van der Waals surface area contributed by atoms with Gasteiger partial charge in [0.2, 0.25) is 0 Å². The number of aromatic nitrogens is 3. The second-order valence-electron chi connectivity index (χ2n) is 7.68. The van der Waals surface area contributed by atoms with Gasteiger partial charge in [-0.05, 0) is 42.7 Å². The van der Waals surface area contributed by atoms with Gasteiger partial charge in [-0.1, -0.05) is 23.2 Å². The smallest absolute Gasteiger partial charge is 0.172 e. The first-order valence-corrected chi connectivity index (χ1v) is 10.7. The lowest BCUT2D eigenvalue weighted by Gasteiger charge is -2.36. The van der Waals surface area contributed by atoms with Crippen LogP contribution in [0.5, 0.6) is 0 Å². The molecule has 1 saturated carbocycles. The molecule has 0 radical (unpaired) electrons. The highest BCUT2D eigenvalue weighted by Gasteiger charge is 2.27. The molecule has 3 heterocycles. The molecule has 2 aliphatic rings. The molecule has 5 rings (SSSR count). The number of nitrogens with one attached hydrogen (secondary N) is 1. The van der Waals surface area contributed by atoms with Crippen LogP contribution in [0.1, 0.15) is 18.4 Å². The van der Waals surface area contributed by atoms with Crippen molar-refractivity contribution in [3.8, 4) is 0 Å². The number of fused-ring (bicyclic) bond motifs is 1. The summed E-state index contributed by atoms with van der Waals surface area (Å²) in [5, 5.41) is 5.04. The molecule has 0 amide bonds. The van der Waals surface area contributed by atoms with Crippen molar-refractivity contribution in [2.45, 2.75) is 25.4 Å². The molecule has 1 aliphatic heterocycles. The SMILES string of the molecule is Clc1ccc(Cl)c(CN2CCN(c3nc4ccncc4nc3NC3CC3)CC2)c1. The van der Waals surface area contributed by atoms with Crippen LogP contribution in [0.2, 0.25) is 10.0 Å². The Morgan fingerprint density at radius 1 is 1.00 bits per heavy atom. The summed E-state index contributed by atoms with van der Waals surface area (Å²) in [4.78, 5) is 18.6. The van der Waals surface area contributed by atoms with Crippen molar-refractivity contribution < 1.29 is 0 Å². The lowest BCUT2D eigenvalue weighted by atomic mass is 10.2. The van der Waals surface area contributed by atoms with Crippen LogP contribution in [0, 0.1) is 0 Å². The molecule has 150 valence electrons. The van der Waals surface area contributed by atoms with Gasteiger partial charge in [0.1, 0.15) is 5.52 Å². The van der Waals surface area contributed by atoms with Crippen LogP contribution >= 0.6 is 23.2 Å². The van der Waals surface area contributed by atoms with Gasteiger partial charge in [-0.25, -0.2) is 9.97 Å². The first-order chi connectivity index (χ1) is 14.2. The van der Waals surface area contributed by atoms with Crippen LogP contribution in [0.4, 0.5) is 11.6 Å². The summed E-state index contributed by atoms with van der Waals surface area (Å²) >= 11 is 12.5. The number of halogens is 2. The Hall–Kier alpha value is -2.15. The Balaban J connectivity index is 1.33. The van der Waals surface area contributed by atoms with Crippen LogP contribution in [0.15, 0.2) is 36.7 Å². The van der Waals surface area contributed by atoms with E-state index in [0.29, 0.717) is 6.04 Å². The maximum Gasteiger partial charge on any atom is 0.172 e. The van der Waals surface area contributed by atoms with Gasteiger partial charge >= 0.3 is 0 Å². The van der Waals surface area contributed by atoms with Crippen molar-refractivity contribution in [2.24, 2.45) is 0 Å². The molecule has 1 N–H and O–H groups in total. The molecule has 0 bridgehead atoms. The summed E-state index contributed by atoms with van der Waals surface area (Å²) in [5.74, 6) is 1.82. The van der Waals surface area contributed by atoms with Gasteiger partial charge in [-0.15, -0.1) is 0 Å². The highest BCUT2D eigenvalue weighted by atomic mass is 35.5. The third kappa shape index (κ3) is 4.25. The van der Waals surface area contributed by atoms with E-state index in [-0.39, 0.29) is 0 Å². The Morgan fingerprint density at radius 2 is 1.83 bits per heavy atom. The van der Waals surface area contributed by atoms with Crippen LogP contribution < -0.4 is 10.2 Å². The molecule has 0 atom stereocenters. The monoisotopic (exact) mass is 428 g/mol. The molecule has 29 heavy (non-hydrogen) atoms. The molecule has 3 aromatic rings. The lowest BCUT2D eigenvalue weighted by molar-refractivity contribution is 0.249. The van der Waals surface area contributed by atoms with Gasteiger partial charge in [0, 0.05) is 55.0 Å². The molecular formula is C21H22Cl2N6. The van der Waals surface area contributed by atoms with Crippen LogP contribution in [-0.4, -0.2) is 52.1 Å². The fraction of sp³-hybridized carbons (Fsp3) is 0.381. The number of benzene rings is 1. The molecule has 1 saturated heterocycles. The molecule has 1 aromatic carbocycles. The molecule has 1 aliphatic carbocycles. The van der Waals surface area contributed by atoms with E-state index in [4.69, 9.17) is 33.2 Å². The van der Waals surface area contributed by atoms with Crippen molar-refractivity contribution in [1.29, 1.82) is 0 Å². The van der Waals surface area contributed by atoms with Crippen molar-refractivity contribution in [2.75, 3.05) is 36.4 Å². The number of hydrogen-bond acceptors (Lipinski definition) is 6. The van der Waals surface area contributed by atoms with E-state index in [2.05, 4.69) is 20.1 Å². The minimum atomic E-state index is 0.517. The number of anilines is 2. The Kier molecular flexibility index (Phi) is 5.16. The maximum absolute atomic E-state index is 6.34. The average Bonchev–Trinajstić information content (AvgIpc) is 3.55. The van der Waals surface area contributed by atoms with Gasteiger partial charge in [0.25, 0.3) is 0 Å². The third-order valence-corrected chi connectivity index (χ3v) is 6.04. The molecule has 2 fully saturated rings. The van der Waals surface area contributed by atoms with E-state index >= 15 is 0 Å². The Labute approximate surface area is 179 Å². The predicted molar refractivity (Wildman–Crippen MR) is 118 cm³/mol. The van der Waals surface area contributed by atoms with Gasteiger partial charge in [0.15, 0.2) is 11.6 Å². The molecule has 0 spiro atoms. The summed E-state index contributed by atoms with van der Waals surface area (Å²) in [6.07, 6.45) is 5.93. The van der Waals surface area contributed by atoms with Gasteiger partial charge in [-0.3, -0.25) is 9.88 Å². The standard InChI is InChI=1S/C21H22Cl2N6/c22-15-1-4-17(23)14(11-15)13-28-7-9-29(10-8-28)21-20(25-16-2-3-16)26-19-12-24-6-5-18(19)27-21/h1,4-6,11-12,16H,2-3,7-10,13H2,(H,25,26). The predicted octanol–water partition coefficient (Wildman–Crippen LogP) is 4.23. The second-order valence-corrected chi connectivity index (χ2v) is 8.52. The van der Waals surface area contributed by atoms with E-state index in [1.165, 1.54) is 12.8 Å². The number of piperazine rings is 1. The summed E-state index contributed by atoms with van der Waals surface area (Å²) in [6.45, 7) is 4.45. The zero-order valence-corrected chi connectivity index (χ0v) is 17.5. The normalized spacial score (nSPS) is 17.7. The zero-order chi connectivity index (χ0) is 19.8. The number of rotatable bonds is 5. The summed E-state index contributed by atoms with van der Waals surface area (Å²) in [6, 6.07) is 8.09. The lowest BCUT2D eigenvalue weighted by Crippen LogP contribution is -2.46. The second kappa shape index (κ2) is 7.94. The molecule has 8 heteroatoms. The van der Waals surface area contributed by atoms with Crippen molar-refractivity contribution >= 4 is 45.9 Å². The summed E-state index contributed by atoms with van der Waals surface area (Å²) in [7, 11) is 0. The summed E-state index contributed by atoms with van der Waals surface area (Å²) < 4.78 is 0. The minimum absolute atomic E-state index is 0.517. The largest absolute Gasteiger partial charge is 0.364 e. The van der Waals surface area contributed by atoms with Crippen molar-refractivity contribution in [3.05, 3.63) is 52.3 Å². The number of pyridine rings is 1. The quantitative estimate of drug-likeness (QED) is 0.655. The van der Waals surface area contributed by atoms with Crippen LogP contribution in [0.25, 0.3) is 11.0 Å². The first kappa shape index (κ1) is 18.9. The van der Waals surface area contributed by atoms with Gasteiger partial charge in [-0.2, -0.15) is 0 Å². The van der Waals surface area contributed by atoms with Crippen LogP contribution in [-0.2, 0) is 6.54 Å². The first-order valence-electron chi connectivity index (χ1n) is 9.95. The topological polar surface area (TPSA) is 57.2 Å². The Bertz CT molecular complexity index is 1030. The molecule has 6 nitrogen and oxygen atoms in total. The minimum Gasteiger partial charge on any atom is -0.364 e. The highest BCUT2D eigenvalue weighted by Crippen LogP contribution is 2.31. The summed E-state index contributed by atoms with van der Waals surface area (Å²) in [5.41, 5.74) is 2.78. The third-order valence-electron chi connectivity index (χ3n) is 5.44. The van der Waals surface area contributed by atoms with E-state index in [0.717, 1.165) is 71.0 Å². The Morgan fingerprint density at radius 3 is 2.62 bits per heavy atom. The number of nitrogens with zero attached hydrogens (tertiary/aromatic N) is 5. The number of hydrogen-bond donors (Lipinski definition) is 1. The van der Waals surface area contributed by atoms with E-state index in [1.807, 2.05) is 24.3 Å². The highest BCUT2D eigenvalue weighted by molar-refractivity contribution is 6.33. The average molecular weight is 429 g/mol. The molecule has 0 unspecified atom stereocenters. The van der Waals surface area contributed by atoms with Crippen LogP contribution in [0.3, 0.4) is 0 Å². The van der Waals surface area contributed by atoms with E-state index in [1.54, 1.807) is 12.4 Å². The van der Waals surface area contributed by atoms with Gasteiger partial charge in [0.05, 0.1) is 11.7 Å². The fourth-order valence-electron chi connectivity index (χ4n) is 3.66. The fourth-order valence-corrected chi connectivity index (χ4v) is 4.03. The van der Waals surface area contributed by atoms with Gasteiger partial charge < -0.3 is 10.2 Å². The molecular weight excluding hydrogens is 407 g/mol.